The first-order valence-corrected chi connectivity index (χ1v) is 12.9. The number of likely N-dealkylation sites (tertiary alicyclic amines) is 1. The zero-order chi connectivity index (χ0) is 24.6. The predicted octanol–water partition coefficient (Wildman–Crippen LogP) is 7.40. The van der Waals surface area contributed by atoms with Gasteiger partial charge in [-0.3, -0.25) is 9.69 Å². The van der Waals surface area contributed by atoms with Gasteiger partial charge in [0.05, 0.1) is 10.0 Å². The van der Waals surface area contributed by atoms with Crippen LogP contribution in [0.25, 0.3) is 6.08 Å². The van der Waals surface area contributed by atoms with Crippen LogP contribution >= 0.6 is 46.4 Å². The summed E-state index contributed by atoms with van der Waals surface area (Å²) in [5.74, 6) is -0.0678. The lowest BCUT2D eigenvalue weighted by Crippen LogP contribution is -2.46. The summed E-state index contributed by atoms with van der Waals surface area (Å²) >= 11 is 24.6. The third-order valence-corrected chi connectivity index (χ3v) is 8.11. The van der Waals surface area contributed by atoms with E-state index >= 15 is 0 Å². The molecular formula is C27H23Cl4N3O. The molecule has 1 fully saturated rings. The number of benzene rings is 2. The van der Waals surface area contributed by atoms with Crippen molar-refractivity contribution in [2.75, 3.05) is 31.1 Å². The first-order valence-electron chi connectivity index (χ1n) is 11.4. The van der Waals surface area contributed by atoms with Gasteiger partial charge in [-0.15, -0.1) is 0 Å². The van der Waals surface area contributed by atoms with Crippen molar-refractivity contribution in [1.29, 1.82) is 0 Å². The van der Waals surface area contributed by atoms with Crippen molar-refractivity contribution in [2.45, 2.75) is 18.3 Å². The lowest BCUT2D eigenvalue weighted by Gasteiger charge is -2.39. The monoisotopic (exact) mass is 545 g/mol. The van der Waals surface area contributed by atoms with E-state index in [4.69, 9.17) is 46.4 Å². The molecule has 1 spiro atoms. The number of carbonyl (C=O) groups is 1. The van der Waals surface area contributed by atoms with E-state index < -0.39 is 0 Å². The standard InChI is InChI=1S/C27H23Cl4N3O/c28-20-4-6-24-21(16-20)27(17-34(24)26(35)19-7-10-32-25(31)15-19)8-12-33(13-9-27)11-1-2-18-3-5-22(29)23(30)14-18/h1-7,10,14-16H,8-9,11-13,17H2/b2-1+. The Morgan fingerprint density at radius 3 is 2.51 bits per heavy atom. The lowest BCUT2D eigenvalue weighted by atomic mass is 9.74. The van der Waals surface area contributed by atoms with E-state index in [1.54, 1.807) is 18.3 Å². The molecular weight excluding hydrogens is 524 g/mol. The molecule has 5 rings (SSSR count). The largest absolute Gasteiger partial charge is 0.307 e. The topological polar surface area (TPSA) is 36.4 Å². The SMILES string of the molecule is O=C(c1ccnc(Cl)c1)N1CC2(CCN(C/C=C/c3ccc(Cl)c(Cl)c3)CC2)c2cc(Cl)ccc21. The fraction of sp³-hybridized carbons (Fsp3) is 0.259. The van der Waals surface area contributed by atoms with E-state index in [1.165, 1.54) is 0 Å². The van der Waals surface area contributed by atoms with Gasteiger partial charge in [0.25, 0.3) is 5.91 Å². The average Bonchev–Trinajstić information content (AvgIpc) is 3.15. The number of rotatable bonds is 4. The second-order valence-corrected chi connectivity index (χ2v) is 10.7. The van der Waals surface area contributed by atoms with Crippen molar-refractivity contribution in [2.24, 2.45) is 0 Å². The molecule has 3 aromatic rings. The maximum Gasteiger partial charge on any atom is 0.258 e. The van der Waals surface area contributed by atoms with E-state index in [0.717, 1.165) is 49.3 Å². The Balaban J connectivity index is 1.31. The first kappa shape index (κ1) is 24.6. The maximum absolute atomic E-state index is 13.4. The molecule has 0 atom stereocenters. The molecule has 35 heavy (non-hydrogen) atoms. The van der Waals surface area contributed by atoms with Gasteiger partial charge in [-0.1, -0.05) is 64.6 Å². The lowest BCUT2D eigenvalue weighted by molar-refractivity contribution is 0.0977. The normalized spacial score (nSPS) is 17.3. The highest BCUT2D eigenvalue weighted by Gasteiger charge is 2.46. The zero-order valence-corrected chi connectivity index (χ0v) is 21.9. The molecule has 1 aromatic heterocycles. The second kappa shape index (κ2) is 10.1. The van der Waals surface area contributed by atoms with Gasteiger partial charge >= 0.3 is 0 Å². The number of aromatic nitrogens is 1. The Morgan fingerprint density at radius 1 is 0.971 bits per heavy atom. The van der Waals surface area contributed by atoms with Gasteiger partial charge < -0.3 is 4.90 Å². The van der Waals surface area contributed by atoms with Gasteiger partial charge in [-0.25, -0.2) is 4.98 Å². The Morgan fingerprint density at radius 2 is 1.77 bits per heavy atom. The minimum absolute atomic E-state index is 0.0678. The molecule has 0 radical (unpaired) electrons. The van der Waals surface area contributed by atoms with Crippen LogP contribution in [0.3, 0.4) is 0 Å². The Labute approximate surface area is 225 Å². The van der Waals surface area contributed by atoms with Crippen molar-refractivity contribution < 1.29 is 4.79 Å². The van der Waals surface area contributed by atoms with Crippen LogP contribution in [-0.4, -0.2) is 42.0 Å². The summed E-state index contributed by atoms with van der Waals surface area (Å²) < 4.78 is 0. The fourth-order valence-electron chi connectivity index (χ4n) is 5.06. The molecule has 0 saturated carbocycles. The smallest absolute Gasteiger partial charge is 0.258 e. The minimum atomic E-state index is -0.114. The number of hydrogen-bond donors (Lipinski definition) is 0. The number of anilines is 1. The van der Waals surface area contributed by atoms with Gasteiger partial charge in [0.2, 0.25) is 0 Å². The van der Waals surface area contributed by atoms with Crippen LogP contribution in [-0.2, 0) is 5.41 Å². The van der Waals surface area contributed by atoms with Crippen LogP contribution in [0.5, 0.6) is 0 Å². The van der Waals surface area contributed by atoms with E-state index in [1.807, 2.05) is 41.3 Å². The highest BCUT2D eigenvalue weighted by Crippen LogP contribution is 2.48. The number of piperidine rings is 1. The number of carbonyl (C=O) groups excluding carboxylic acids is 1. The molecule has 0 aliphatic carbocycles. The summed E-state index contributed by atoms with van der Waals surface area (Å²) in [5.41, 5.74) is 3.53. The van der Waals surface area contributed by atoms with Crippen LogP contribution in [0.2, 0.25) is 20.2 Å². The summed E-state index contributed by atoms with van der Waals surface area (Å²) in [6.07, 6.45) is 7.68. The van der Waals surface area contributed by atoms with Crippen LogP contribution in [0.4, 0.5) is 5.69 Å². The van der Waals surface area contributed by atoms with E-state index in [-0.39, 0.29) is 11.3 Å². The molecule has 8 heteroatoms. The van der Waals surface area contributed by atoms with Crippen LogP contribution in [0.1, 0.15) is 34.3 Å². The number of amides is 1. The molecule has 0 bridgehead atoms. The first-order chi connectivity index (χ1) is 16.8. The Hall–Kier alpha value is -2.08. The Bertz CT molecular complexity index is 1300. The summed E-state index contributed by atoms with van der Waals surface area (Å²) in [7, 11) is 0. The van der Waals surface area contributed by atoms with Gasteiger partial charge in [-0.2, -0.15) is 0 Å². The van der Waals surface area contributed by atoms with Crippen molar-refractivity contribution >= 4 is 64.1 Å². The van der Waals surface area contributed by atoms with Crippen molar-refractivity contribution in [3.8, 4) is 0 Å². The zero-order valence-electron chi connectivity index (χ0n) is 18.9. The number of nitrogens with zero attached hydrogens (tertiary/aromatic N) is 3. The van der Waals surface area contributed by atoms with Gasteiger partial charge in [0.15, 0.2) is 0 Å². The molecule has 0 unspecified atom stereocenters. The molecule has 4 nitrogen and oxygen atoms in total. The summed E-state index contributed by atoms with van der Waals surface area (Å²) in [6.45, 7) is 3.34. The molecule has 0 N–H and O–H groups in total. The average molecular weight is 547 g/mol. The molecule has 1 saturated heterocycles. The third-order valence-electron chi connectivity index (χ3n) is 6.93. The van der Waals surface area contributed by atoms with Crippen LogP contribution < -0.4 is 4.90 Å². The minimum Gasteiger partial charge on any atom is -0.307 e. The maximum atomic E-state index is 13.4. The molecule has 3 heterocycles. The van der Waals surface area contributed by atoms with Gasteiger partial charge in [0.1, 0.15) is 5.15 Å². The van der Waals surface area contributed by atoms with Crippen LogP contribution in [0.15, 0.2) is 60.8 Å². The second-order valence-electron chi connectivity index (χ2n) is 9.08. The van der Waals surface area contributed by atoms with Crippen molar-refractivity contribution in [1.82, 2.24) is 9.88 Å². The third kappa shape index (κ3) is 5.09. The number of pyridine rings is 1. The van der Waals surface area contributed by atoms with Crippen molar-refractivity contribution in [3.05, 3.63) is 97.7 Å². The fourth-order valence-corrected chi connectivity index (χ4v) is 5.71. The van der Waals surface area contributed by atoms with Gasteiger partial charge in [0, 0.05) is 41.0 Å². The summed E-state index contributed by atoms with van der Waals surface area (Å²) in [4.78, 5) is 21.7. The Kier molecular flexibility index (Phi) is 7.11. The van der Waals surface area contributed by atoms with Crippen LogP contribution in [0, 0.1) is 0 Å². The number of halogens is 4. The number of hydrogen-bond acceptors (Lipinski definition) is 3. The van der Waals surface area contributed by atoms with E-state index in [2.05, 4.69) is 22.0 Å². The highest BCUT2D eigenvalue weighted by atomic mass is 35.5. The van der Waals surface area contributed by atoms with E-state index in [0.29, 0.717) is 32.3 Å². The van der Waals surface area contributed by atoms with Crippen molar-refractivity contribution in [3.63, 3.8) is 0 Å². The molecule has 2 aliphatic rings. The van der Waals surface area contributed by atoms with E-state index in [9.17, 15) is 4.79 Å². The molecule has 2 aliphatic heterocycles. The molecule has 1 amide bonds. The summed E-state index contributed by atoms with van der Waals surface area (Å²) in [5, 5.41) is 2.11. The summed E-state index contributed by atoms with van der Waals surface area (Å²) in [6, 6.07) is 14.8. The number of fused-ring (bicyclic) bond motifs is 2. The molecule has 2 aromatic carbocycles. The van der Waals surface area contributed by atoms with Gasteiger partial charge in [-0.05, 0) is 79.5 Å². The molecule has 180 valence electrons. The quantitative estimate of drug-likeness (QED) is 0.320. The predicted molar refractivity (Wildman–Crippen MR) is 145 cm³/mol. The highest BCUT2D eigenvalue weighted by molar-refractivity contribution is 6.42.